The van der Waals surface area contributed by atoms with Gasteiger partial charge in [-0.1, -0.05) is 37.3 Å². The van der Waals surface area contributed by atoms with E-state index in [2.05, 4.69) is 17.0 Å². The van der Waals surface area contributed by atoms with E-state index in [0.29, 0.717) is 6.54 Å². The lowest BCUT2D eigenvalue weighted by Gasteiger charge is -2.29. The Hall–Kier alpha value is -1.39. The molecule has 0 aliphatic heterocycles. The first-order chi connectivity index (χ1) is 7.95. The maximum absolute atomic E-state index is 11.2. The van der Waals surface area contributed by atoms with Gasteiger partial charge in [0.2, 0.25) is 5.91 Å². The van der Waals surface area contributed by atoms with Crippen molar-refractivity contribution < 1.29 is 4.79 Å². The molecule has 1 rings (SSSR count). The van der Waals surface area contributed by atoms with Gasteiger partial charge in [0.25, 0.3) is 0 Å². The van der Waals surface area contributed by atoms with Gasteiger partial charge in [-0.3, -0.25) is 9.69 Å². The van der Waals surface area contributed by atoms with Crippen LogP contribution in [0.25, 0.3) is 0 Å². The van der Waals surface area contributed by atoms with E-state index in [0.717, 1.165) is 13.1 Å². The highest BCUT2D eigenvalue weighted by molar-refractivity contribution is 5.84. The Kier molecular flexibility index (Phi) is 4.66. The number of primary amides is 1. The fraction of sp³-hybridized carbons (Fsp3) is 0.462. The molecule has 0 saturated heterocycles. The molecule has 0 aromatic heterocycles. The molecule has 4 N–H and O–H groups in total. The molecular weight excluding hydrogens is 214 g/mol. The van der Waals surface area contributed by atoms with Gasteiger partial charge in [0, 0.05) is 13.1 Å². The lowest BCUT2D eigenvalue weighted by molar-refractivity contribution is -0.123. The highest BCUT2D eigenvalue weighted by Gasteiger charge is 2.27. The molecule has 0 spiro atoms. The Morgan fingerprint density at radius 3 is 2.41 bits per heavy atom. The van der Waals surface area contributed by atoms with Gasteiger partial charge < -0.3 is 11.5 Å². The summed E-state index contributed by atoms with van der Waals surface area (Å²) in [7, 11) is 0. The van der Waals surface area contributed by atoms with Crippen LogP contribution in [0.1, 0.15) is 19.4 Å². The van der Waals surface area contributed by atoms with Gasteiger partial charge in [0.1, 0.15) is 5.54 Å². The molecule has 0 radical (unpaired) electrons. The maximum Gasteiger partial charge on any atom is 0.238 e. The Morgan fingerprint density at radius 2 is 1.94 bits per heavy atom. The molecule has 1 amide bonds. The third-order valence-corrected chi connectivity index (χ3v) is 2.81. The zero-order valence-electron chi connectivity index (χ0n) is 10.5. The van der Waals surface area contributed by atoms with Gasteiger partial charge in [-0.25, -0.2) is 0 Å². The van der Waals surface area contributed by atoms with Crippen molar-refractivity contribution in [2.45, 2.75) is 25.9 Å². The normalized spacial score (nSPS) is 14.6. The molecule has 0 aliphatic carbocycles. The van der Waals surface area contributed by atoms with Crippen LogP contribution < -0.4 is 11.5 Å². The second-order valence-electron chi connectivity index (χ2n) is 4.57. The maximum atomic E-state index is 11.2. The smallest absolute Gasteiger partial charge is 0.238 e. The van der Waals surface area contributed by atoms with Crippen molar-refractivity contribution in [2.75, 3.05) is 13.1 Å². The first-order valence-electron chi connectivity index (χ1n) is 5.81. The second kappa shape index (κ2) is 5.80. The second-order valence-corrected chi connectivity index (χ2v) is 4.57. The van der Waals surface area contributed by atoms with Crippen molar-refractivity contribution in [1.29, 1.82) is 0 Å². The number of amides is 1. The molecule has 0 bridgehead atoms. The van der Waals surface area contributed by atoms with Gasteiger partial charge in [0.15, 0.2) is 0 Å². The largest absolute Gasteiger partial charge is 0.368 e. The molecule has 0 saturated carbocycles. The summed E-state index contributed by atoms with van der Waals surface area (Å²) in [5, 5.41) is 0. The number of nitrogens with two attached hydrogens (primary N) is 2. The molecule has 4 nitrogen and oxygen atoms in total. The Morgan fingerprint density at radius 1 is 1.35 bits per heavy atom. The average Bonchev–Trinajstić information content (AvgIpc) is 2.29. The van der Waals surface area contributed by atoms with Crippen molar-refractivity contribution in [3.8, 4) is 0 Å². The first kappa shape index (κ1) is 13.7. The fourth-order valence-electron chi connectivity index (χ4n) is 1.66. The first-order valence-corrected chi connectivity index (χ1v) is 5.81. The van der Waals surface area contributed by atoms with E-state index < -0.39 is 11.4 Å². The van der Waals surface area contributed by atoms with E-state index in [4.69, 9.17) is 11.5 Å². The molecule has 17 heavy (non-hydrogen) atoms. The summed E-state index contributed by atoms with van der Waals surface area (Å²) >= 11 is 0. The van der Waals surface area contributed by atoms with Crippen molar-refractivity contribution in [2.24, 2.45) is 11.5 Å². The summed E-state index contributed by atoms with van der Waals surface area (Å²) in [4.78, 5) is 13.3. The topological polar surface area (TPSA) is 72.3 Å². The molecule has 0 aliphatic rings. The molecule has 1 aromatic carbocycles. The lowest BCUT2D eigenvalue weighted by atomic mass is 10.0. The zero-order valence-corrected chi connectivity index (χ0v) is 10.5. The minimum Gasteiger partial charge on any atom is -0.368 e. The van der Waals surface area contributed by atoms with Crippen LogP contribution in [0, 0.1) is 0 Å². The quantitative estimate of drug-likeness (QED) is 0.762. The number of hydrogen-bond donors (Lipinski definition) is 2. The minimum absolute atomic E-state index is 0.466. The van der Waals surface area contributed by atoms with Gasteiger partial charge in [-0.15, -0.1) is 0 Å². The van der Waals surface area contributed by atoms with Crippen LogP contribution in [-0.4, -0.2) is 29.4 Å². The van der Waals surface area contributed by atoms with E-state index in [1.54, 1.807) is 6.92 Å². The molecule has 1 unspecified atom stereocenters. The number of rotatable bonds is 6. The average molecular weight is 235 g/mol. The van der Waals surface area contributed by atoms with E-state index in [9.17, 15) is 4.79 Å². The number of carbonyl (C=O) groups is 1. The SMILES string of the molecule is CCN(Cc1ccccc1)CC(C)(N)C(N)=O. The van der Waals surface area contributed by atoms with Crippen molar-refractivity contribution >= 4 is 5.91 Å². The predicted molar refractivity (Wildman–Crippen MR) is 69.2 cm³/mol. The van der Waals surface area contributed by atoms with Gasteiger partial charge in [0.05, 0.1) is 0 Å². The van der Waals surface area contributed by atoms with E-state index >= 15 is 0 Å². The van der Waals surface area contributed by atoms with E-state index in [1.807, 2.05) is 25.1 Å². The Balaban J connectivity index is 2.64. The third-order valence-electron chi connectivity index (χ3n) is 2.81. The highest BCUT2D eigenvalue weighted by Crippen LogP contribution is 2.08. The molecular formula is C13H21N3O. The van der Waals surface area contributed by atoms with Crippen molar-refractivity contribution in [3.63, 3.8) is 0 Å². The van der Waals surface area contributed by atoms with E-state index in [-0.39, 0.29) is 0 Å². The fourth-order valence-corrected chi connectivity index (χ4v) is 1.66. The zero-order chi connectivity index (χ0) is 12.9. The standard InChI is InChI=1S/C13H21N3O/c1-3-16(10-13(2,15)12(14)17)9-11-7-5-4-6-8-11/h4-8H,3,9-10,15H2,1-2H3,(H2,14,17). The highest BCUT2D eigenvalue weighted by atomic mass is 16.1. The summed E-state index contributed by atoms with van der Waals surface area (Å²) in [6.45, 7) is 5.78. The Bertz CT molecular complexity index is 362. The van der Waals surface area contributed by atoms with Crippen LogP contribution >= 0.6 is 0 Å². The summed E-state index contributed by atoms with van der Waals surface area (Å²) < 4.78 is 0. The number of benzene rings is 1. The van der Waals surface area contributed by atoms with Crippen LogP contribution in [0.4, 0.5) is 0 Å². The van der Waals surface area contributed by atoms with Crippen LogP contribution in [-0.2, 0) is 11.3 Å². The van der Waals surface area contributed by atoms with E-state index in [1.165, 1.54) is 5.56 Å². The minimum atomic E-state index is -0.981. The van der Waals surface area contributed by atoms with Crippen LogP contribution in [0.5, 0.6) is 0 Å². The molecule has 94 valence electrons. The molecule has 0 fully saturated rings. The number of likely N-dealkylation sites (N-methyl/N-ethyl adjacent to an activating group) is 1. The van der Waals surface area contributed by atoms with Crippen LogP contribution in [0.2, 0.25) is 0 Å². The predicted octanol–water partition coefficient (Wildman–Crippen LogP) is 0.711. The van der Waals surface area contributed by atoms with Gasteiger partial charge >= 0.3 is 0 Å². The van der Waals surface area contributed by atoms with Gasteiger partial charge in [-0.05, 0) is 19.0 Å². The third kappa shape index (κ3) is 4.17. The summed E-state index contributed by atoms with van der Waals surface area (Å²) in [5.41, 5.74) is 11.4. The molecule has 1 aromatic rings. The van der Waals surface area contributed by atoms with Crippen LogP contribution in [0.3, 0.4) is 0 Å². The number of nitrogens with zero attached hydrogens (tertiary/aromatic N) is 1. The monoisotopic (exact) mass is 235 g/mol. The van der Waals surface area contributed by atoms with Crippen LogP contribution in [0.15, 0.2) is 30.3 Å². The Labute approximate surface area is 103 Å². The number of hydrogen-bond acceptors (Lipinski definition) is 3. The number of carbonyl (C=O) groups excluding carboxylic acids is 1. The molecule has 4 heteroatoms. The summed E-state index contributed by atoms with van der Waals surface area (Å²) in [6.07, 6.45) is 0. The molecule has 0 heterocycles. The van der Waals surface area contributed by atoms with Crippen molar-refractivity contribution in [3.05, 3.63) is 35.9 Å². The molecule has 1 atom stereocenters. The lowest BCUT2D eigenvalue weighted by Crippen LogP contribution is -2.56. The summed E-state index contributed by atoms with van der Waals surface area (Å²) in [5.74, 6) is -0.469. The summed E-state index contributed by atoms with van der Waals surface area (Å²) in [6, 6.07) is 10.1. The van der Waals surface area contributed by atoms with Gasteiger partial charge in [-0.2, -0.15) is 0 Å². The van der Waals surface area contributed by atoms with Crippen molar-refractivity contribution in [1.82, 2.24) is 4.90 Å².